The molecule has 0 spiro atoms. The van der Waals surface area contributed by atoms with Crippen molar-refractivity contribution < 1.29 is 34.8 Å². The molecular weight excluding hydrogens is 208 g/mol. The van der Waals surface area contributed by atoms with Crippen LogP contribution < -0.4 is 0 Å². The highest BCUT2D eigenvalue weighted by Gasteiger charge is 2.23. The molecule has 0 radical (unpaired) electrons. The quantitative estimate of drug-likeness (QED) is 0.290. The van der Waals surface area contributed by atoms with E-state index in [4.69, 9.17) is 20.4 Å². The van der Waals surface area contributed by atoms with Crippen molar-refractivity contribution in [2.45, 2.75) is 25.0 Å². The fourth-order valence-corrected chi connectivity index (χ4v) is 0.715. The second kappa shape index (κ2) is 7.30. The van der Waals surface area contributed by atoms with Crippen LogP contribution in [0, 0.1) is 0 Å². The molecule has 0 saturated carbocycles. The summed E-state index contributed by atoms with van der Waals surface area (Å²) in [6.07, 6.45) is -3.69. The third-order valence-electron chi connectivity index (χ3n) is 1.55. The van der Waals surface area contributed by atoms with Crippen molar-refractivity contribution in [3.05, 3.63) is 0 Å². The summed E-state index contributed by atoms with van der Waals surface area (Å²) in [5.74, 6) is -2.46. The highest BCUT2D eigenvalue weighted by Crippen LogP contribution is 1.99. The summed E-state index contributed by atoms with van der Waals surface area (Å²) in [6, 6.07) is 0. The predicted molar refractivity (Wildman–Crippen MR) is 46.5 cm³/mol. The van der Waals surface area contributed by atoms with E-state index in [0.717, 1.165) is 0 Å². The lowest BCUT2D eigenvalue weighted by Gasteiger charge is -2.10. The summed E-state index contributed by atoms with van der Waals surface area (Å²) in [7, 11) is 0. The van der Waals surface area contributed by atoms with Crippen LogP contribution in [0.5, 0.6) is 0 Å². The Hall–Kier alpha value is -1.02. The van der Waals surface area contributed by atoms with Crippen LogP contribution in [0.4, 0.5) is 0 Å². The first-order valence-corrected chi connectivity index (χ1v) is 4.36. The fourth-order valence-electron chi connectivity index (χ4n) is 0.715. The van der Waals surface area contributed by atoms with Crippen LogP contribution in [0.2, 0.25) is 0 Å². The highest BCUT2D eigenvalue weighted by molar-refractivity contribution is 5.89. The number of carbonyl (C=O) groups is 2. The van der Waals surface area contributed by atoms with E-state index in [2.05, 4.69) is 4.74 Å². The molecule has 0 aliphatic rings. The zero-order chi connectivity index (χ0) is 11.8. The van der Waals surface area contributed by atoms with Gasteiger partial charge in [-0.1, -0.05) is 0 Å². The van der Waals surface area contributed by atoms with Crippen LogP contribution in [-0.4, -0.2) is 57.8 Å². The number of esters is 2. The average molecular weight is 222 g/mol. The Balaban J connectivity index is 4.00. The van der Waals surface area contributed by atoms with Crippen molar-refractivity contribution in [2.24, 2.45) is 0 Å². The number of rotatable bonds is 6. The Kier molecular flexibility index (Phi) is 6.80. The highest BCUT2D eigenvalue weighted by atomic mass is 16.6. The van der Waals surface area contributed by atoms with Crippen molar-refractivity contribution >= 4 is 11.9 Å². The standard InChI is InChI=1S/C8H14O7/c9-3-1-5(11)7(13)15-8(14)6(12)2-4-10/h5-6,9-12H,1-4H2. The van der Waals surface area contributed by atoms with E-state index in [1.165, 1.54) is 0 Å². The van der Waals surface area contributed by atoms with E-state index in [1.807, 2.05) is 0 Å². The van der Waals surface area contributed by atoms with Crippen molar-refractivity contribution in [2.75, 3.05) is 13.2 Å². The molecule has 0 rings (SSSR count). The molecule has 7 nitrogen and oxygen atoms in total. The van der Waals surface area contributed by atoms with E-state index in [9.17, 15) is 9.59 Å². The number of carbonyl (C=O) groups excluding carboxylic acids is 2. The molecule has 0 bridgehead atoms. The van der Waals surface area contributed by atoms with Gasteiger partial charge in [0.1, 0.15) is 0 Å². The topological polar surface area (TPSA) is 124 Å². The van der Waals surface area contributed by atoms with Crippen LogP contribution in [0.1, 0.15) is 12.8 Å². The SMILES string of the molecule is O=C(OC(=O)C(O)CCO)C(O)CCO. The number of hydrogen-bond acceptors (Lipinski definition) is 7. The second-order valence-corrected chi connectivity index (χ2v) is 2.80. The Labute approximate surface area is 85.9 Å². The monoisotopic (exact) mass is 222 g/mol. The van der Waals surface area contributed by atoms with Gasteiger partial charge in [-0.2, -0.15) is 0 Å². The lowest BCUT2D eigenvalue weighted by Crippen LogP contribution is -2.32. The molecule has 0 amide bonds. The van der Waals surface area contributed by atoms with E-state index < -0.39 is 37.4 Å². The number of aliphatic hydroxyl groups is 4. The van der Waals surface area contributed by atoms with Gasteiger partial charge in [-0.15, -0.1) is 0 Å². The van der Waals surface area contributed by atoms with Gasteiger partial charge in [0, 0.05) is 26.1 Å². The van der Waals surface area contributed by atoms with Gasteiger partial charge in [-0.05, 0) is 0 Å². The van der Waals surface area contributed by atoms with Crippen LogP contribution in [0.25, 0.3) is 0 Å². The Morgan fingerprint density at radius 2 is 1.27 bits per heavy atom. The van der Waals surface area contributed by atoms with Crippen molar-refractivity contribution in [3.8, 4) is 0 Å². The van der Waals surface area contributed by atoms with Gasteiger partial charge < -0.3 is 25.2 Å². The smallest absolute Gasteiger partial charge is 0.342 e. The van der Waals surface area contributed by atoms with Gasteiger partial charge in [0.15, 0.2) is 12.2 Å². The first-order chi connectivity index (χ1) is 7.02. The first-order valence-electron chi connectivity index (χ1n) is 4.36. The minimum Gasteiger partial charge on any atom is -0.396 e. The van der Waals surface area contributed by atoms with Gasteiger partial charge in [-0.3, -0.25) is 0 Å². The predicted octanol–water partition coefficient (Wildman–Crippen LogP) is -2.46. The van der Waals surface area contributed by atoms with Gasteiger partial charge in [0.2, 0.25) is 0 Å². The molecule has 4 N–H and O–H groups in total. The molecular formula is C8H14O7. The molecule has 0 aromatic heterocycles. The third kappa shape index (κ3) is 5.43. The number of hydrogen-bond donors (Lipinski definition) is 4. The summed E-state index contributed by atoms with van der Waals surface area (Å²) in [5, 5.41) is 34.7. The van der Waals surface area contributed by atoms with Crippen LogP contribution in [-0.2, 0) is 14.3 Å². The third-order valence-corrected chi connectivity index (χ3v) is 1.55. The van der Waals surface area contributed by atoms with Gasteiger partial charge in [-0.25, -0.2) is 9.59 Å². The minimum absolute atomic E-state index is 0.248. The second-order valence-electron chi connectivity index (χ2n) is 2.80. The molecule has 0 aromatic carbocycles. The average Bonchev–Trinajstić information content (AvgIpc) is 2.18. The lowest BCUT2D eigenvalue weighted by atomic mass is 10.2. The molecule has 0 fully saturated rings. The maximum atomic E-state index is 10.9. The molecule has 0 aliphatic heterocycles. The molecule has 2 atom stereocenters. The molecule has 2 unspecified atom stereocenters. The largest absolute Gasteiger partial charge is 0.396 e. The minimum atomic E-state index is -1.60. The molecule has 15 heavy (non-hydrogen) atoms. The molecule has 0 saturated heterocycles. The molecule has 0 heterocycles. The zero-order valence-corrected chi connectivity index (χ0v) is 8.00. The van der Waals surface area contributed by atoms with Crippen LogP contribution in [0.3, 0.4) is 0 Å². The Bertz CT molecular complexity index is 193. The molecule has 88 valence electrons. The maximum Gasteiger partial charge on any atom is 0.342 e. The summed E-state index contributed by atoms with van der Waals surface area (Å²) in [4.78, 5) is 21.7. The van der Waals surface area contributed by atoms with Gasteiger partial charge in [0.25, 0.3) is 0 Å². The van der Waals surface area contributed by atoms with Crippen molar-refractivity contribution in [1.82, 2.24) is 0 Å². The fraction of sp³-hybridized carbons (Fsp3) is 0.750. The van der Waals surface area contributed by atoms with Crippen LogP contribution in [0.15, 0.2) is 0 Å². The van der Waals surface area contributed by atoms with Crippen molar-refractivity contribution in [1.29, 1.82) is 0 Å². The number of aliphatic hydroxyl groups excluding tert-OH is 4. The molecule has 0 aliphatic carbocycles. The summed E-state index contributed by atoms with van der Waals surface area (Å²) in [5.41, 5.74) is 0. The van der Waals surface area contributed by atoms with Crippen LogP contribution >= 0.6 is 0 Å². The van der Waals surface area contributed by atoms with E-state index in [-0.39, 0.29) is 12.8 Å². The Morgan fingerprint density at radius 3 is 1.53 bits per heavy atom. The Morgan fingerprint density at radius 1 is 0.933 bits per heavy atom. The maximum absolute atomic E-state index is 10.9. The first kappa shape index (κ1) is 14.0. The van der Waals surface area contributed by atoms with Gasteiger partial charge in [0.05, 0.1) is 0 Å². The summed E-state index contributed by atoms with van der Waals surface area (Å²) in [6.45, 7) is -0.854. The zero-order valence-electron chi connectivity index (χ0n) is 8.00. The lowest BCUT2D eigenvalue weighted by molar-refractivity contribution is -0.172. The molecule has 0 aromatic rings. The van der Waals surface area contributed by atoms with Crippen molar-refractivity contribution in [3.63, 3.8) is 0 Å². The van der Waals surface area contributed by atoms with E-state index in [1.54, 1.807) is 0 Å². The summed E-state index contributed by atoms with van der Waals surface area (Å²) < 4.78 is 4.08. The van der Waals surface area contributed by atoms with E-state index >= 15 is 0 Å². The summed E-state index contributed by atoms with van der Waals surface area (Å²) >= 11 is 0. The normalized spacial score (nSPS) is 14.4. The van der Waals surface area contributed by atoms with Gasteiger partial charge >= 0.3 is 11.9 Å². The molecule has 7 heteroatoms. The number of ether oxygens (including phenoxy) is 1. The van der Waals surface area contributed by atoms with E-state index in [0.29, 0.717) is 0 Å².